The van der Waals surface area contributed by atoms with E-state index in [0.29, 0.717) is 19.6 Å². The number of hydrogen-bond acceptors (Lipinski definition) is 7. The number of ether oxygens (including phenoxy) is 2. The van der Waals surface area contributed by atoms with Crippen LogP contribution < -0.4 is 11.2 Å². The van der Waals surface area contributed by atoms with E-state index in [1.807, 2.05) is 0 Å². The zero-order chi connectivity index (χ0) is 27.9. The number of aromatic nitrogens is 2. The molecule has 1 aromatic rings. The summed E-state index contributed by atoms with van der Waals surface area (Å²) in [6.07, 6.45) is 18.6. The Kier molecular flexibility index (Phi) is 20.6. The van der Waals surface area contributed by atoms with Gasteiger partial charge in [0.15, 0.2) is 0 Å². The van der Waals surface area contributed by atoms with Gasteiger partial charge >= 0.3 is 13.3 Å². The summed E-state index contributed by atoms with van der Waals surface area (Å²) in [6, 6.07) is 1.16. The van der Waals surface area contributed by atoms with E-state index in [2.05, 4.69) is 11.9 Å². The molecule has 38 heavy (non-hydrogen) atoms. The molecule has 1 rings (SSSR count). The molecule has 1 aromatic heterocycles. The fourth-order valence-electron chi connectivity index (χ4n) is 4.08. The van der Waals surface area contributed by atoms with Crippen LogP contribution in [0.5, 0.6) is 0 Å². The summed E-state index contributed by atoms with van der Waals surface area (Å²) in [7, 11) is -4.01. The lowest BCUT2D eigenvalue weighted by Gasteiger charge is -2.19. The number of unbranched alkanes of at least 4 members (excludes halogenated alkanes) is 13. The first kappa shape index (κ1) is 34.7. The summed E-state index contributed by atoms with van der Waals surface area (Å²) in [5.41, 5.74) is -1.19. The number of rotatable bonds is 26. The Balaban J connectivity index is 1.95. The van der Waals surface area contributed by atoms with Crippen LogP contribution in [0, 0.1) is 0 Å². The number of nitrogens with one attached hydrogen (secondary N) is 1. The van der Waals surface area contributed by atoms with Crippen molar-refractivity contribution >= 4 is 7.60 Å². The first-order valence-corrected chi connectivity index (χ1v) is 16.2. The summed E-state index contributed by atoms with van der Waals surface area (Å²) in [5, 5.41) is 9.43. The number of nitrogens with zero attached hydrogens (tertiary/aromatic N) is 1. The Morgan fingerprint density at radius 2 is 1.42 bits per heavy atom. The molecule has 0 aromatic carbocycles. The van der Waals surface area contributed by atoms with E-state index in [1.54, 1.807) is 0 Å². The van der Waals surface area contributed by atoms with Crippen molar-refractivity contribution in [3.05, 3.63) is 33.1 Å². The molecule has 2 atom stereocenters. The summed E-state index contributed by atoms with van der Waals surface area (Å²) < 4.78 is 29.2. The van der Waals surface area contributed by atoms with Crippen LogP contribution in [0.15, 0.2) is 21.9 Å². The lowest BCUT2D eigenvalue weighted by Crippen LogP contribution is -2.34. The molecular formula is C27H51N2O8P. The number of H-pyrrole nitrogens is 1. The van der Waals surface area contributed by atoms with E-state index in [4.69, 9.17) is 14.0 Å². The number of hydrogen-bond donors (Lipinski definition) is 3. The van der Waals surface area contributed by atoms with Crippen LogP contribution in [0.1, 0.15) is 103 Å². The third-order valence-corrected chi connectivity index (χ3v) is 7.40. The molecule has 3 N–H and O–H groups in total. The van der Waals surface area contributed by atoms with Crippen LogP contribution in [0.2, 0.25) is 0 Å². The number of aliphatic hydroxyl groups excluding tert-OH is 1. The lowest BCUT2D eigenvalue weighted by atomic mass is 10.0. The average molecular weight is 563 g/mol. The van der Waals surface area contributed by atoms with Crippen molar-refractivity contribution in [2.24, 2.45) is 0 Å². The van der Waals surface area contributed by atoms with Gasteiger partial charge in [-0.2, -0.15) is 0 Å². The van der Waals surface area contributed by atoms with Gasteiger partial charge in [0.1, 0.15) is 6.35 Å². The van der Waals surface area contributed by atoms with Gasteiger partial charge in [0.05, 0.1) is 25.9 Å². The topological polar surface area (TPSA) is 140 Å². The van der Waals surface area contributed by atoms with Gasteiger partial charge in [0, 0.05) is 25.5 Å². The molecule has 0 amide bonds. The Bertz CT molecular complexity index is 860. The predicted molar refractivity (Wildman–Crippen MR) is 150 cm³/mol. The van der Waals surface area contributed by atoms with E-state index in [-0.39, 0.29) is 13.2 Å². The summed E-state index contributed by atoms with van der Waals surface area (Å²) >= 11 is 0. The lowest BCUT2D eigenvalue weighted by molar-refractivity contribution is 0.0162. The van der Waals surface area contributed by atoms with Crippen molar-refractivity contribution < 1.29 is 28.6 Å². The second-order valence-electron chi connectivity index (χ2n) is 9.90. The van der Waals surface area contributed by atoms with Gasteiger partial charge in [-0.3, -0.25) is 18.9 Å². The normalized spacial score (nSPS) is 14.0. The Hall–Kier alpha value is -1.29. The SMILES string of the molecule is CCCCCCCCCCCCCCCCOCCCOP(=O)(O)COC(CO)Cn1ccc(=O)[nH]c1=O. The first-order chi connectivity index (χ1) is 18.4. The van der Waals surface area contributed by atoms with E-state index in [0.717, 1.165) is 23.5 Å². The van der Waals surface area contributed by atoms with Crippen LogP contribution in [0.4, 0.5) is 0 Å². The molecule has 0 spiro atoms. The van der Waals surface area contributed by atoms with Gasteiger partial charge < -0.3 is 24.0 Å². The third kappa shape index (κ3) is 18.9. The second kappa shape index (κ2) is 22.5. The van der Waals surface area contributed by atoms with E-state index in [1.165, 1.54) is 83.2 Å². The first-order valence-electron chi connectivity index (χ1n) is 14.4. The molecule has 0 saturated heterocycles. The van der Waals surface area contributed by atoms with Crippen LogP contribution in [-0.4, -0.2) is 58.4 Å². The van der Waals surface area contributed by atoms with Gasteiger partial charge in [-0.1, -0.05) is 90.4 Å². The third-order valence-electron chi connectivity index (χ3n) is 6.34. The fraction of sp³-hybridized carbons (Fsp3) is 0.852. The number of aliphatic hydroxyl groups is 1. The van der Waals surface area contributed by atoms with E-state index >= 15 is 0 Å². The molecule has 0 bridgehead atoms. The molecular weight excluding hydrogens is 511 g/mol. The minimum Gasteiger partial charge on any atom is -0.394 e. The maximum Gasteiger partial charge on any atom is 0.353 e. The van der Waals surface area contributed by atoms with Gasteiger partial charge in [0.2, 0.25) is 0 Å². The largest absolute Gasteiger partial charge is 0.394 e. The second-order valence-corrected chi connectivity index (χ2v) is 11.7. The summed E-state index contributed by atoms with van der Waals surface area (Å²) in [5.74, 6) is 0. The monoisotopic (exact) mass is 562 g/mol. The van der Waals surface area contributed by atoms with Crippen LogP contribution >= 0.6 is 7.60 Å². The molecule has 0 saturated carbocycles. The minimum absolute atomic E-state index is 0.0546. The Morgan fingerprint density at radius 1 is 0.868 bits per heavy atom. The fourth-order valence-corrected chi connectivity index (χ4v) is 4.96. The molecule has 0 fully saturated rings. The zero-order valence-electron chi connectivity index (χ0n) is 23.3. The molecule has 0 aliphatic carbocycles. The van der Waals surface area contributed by atoms with Crippen LogP contribution in [-0.2, 0) is 25.1 Å². The summed E-state index contributed by atoms with van der Waals surface area (Å²) in [4.78, 5) is 34.9. The van der Waals surface area contributed by atoms with Crippen molar-refractivity contribution in [2.75, 3.05) is 32.8 Å². The smallest absolute Gasteiger partial charge is 0.353 e. The highest BCUT2D eigenvalue weighted by Crippen LogP contribution is 2.42. The van der Waals surface area contributed by atoms with E-state index in [9.17, 15) is 24.2 Å². The van der Waals surface area contributed by atoms with Crippen molar-refractivity contribution in [1.82, 2.24) is 9.55 Å². The molecule has 11 heteroatoms. The van der Waals surface area contributed by atoms with Crippen molar-refractivity contribution in [3.8, 4) is 0 Å². The van der Waals surface area contributed by atoms with Gasteiger partial charge in [-0.15, -0.1) is 0 Å². The highest BCUT2D eigenvalue weighted by atomic mass is 31.2. The van der Waals surface area contributed by atoms with Crippen LogP contribution in [0.3, 0.4) is 0 Å². The average Bonchev–Trinajstić information content (AvgIpc) is 2.89. The van der Waals surface area contributed by atoms with Gasteiger partial charge in [-0.25, -0.2) is 4.79 Å². The molecule has 0 aliphatic heterocycles. The van der Waals surface area contributed by atoms with Gasteiger partial charge in [0.25, 0.3) is 5.56 Å². The molecule has 10 nitrogen and oxygen atoms in total. The maximum absolute atomic E-state index is 12.2. The molecule has 1 heterocycles. The van der Waals surface area contributed by atoms with Crippen molar-refractivity contribution in [1.29, 1.82) is 0 Å². The van der Waals surface area contributed by atoms with Crippen molar-refractivity contribution in [2.45, 2.75) is 116 Å². The highest BCUT2D eigenvalue weighted by molar-refractivity contribution is 7.52. The zero-order valence-corrected chi connectivity index (χ0v) is 24.2. The molecule has 2 unspecified atom stereocenters. The molecule has 0 radical (unpaired) electrons. The maximum atomic E-state index is 12.2. The Morgan fingerprint density at radius 3 is 1.97 bits per heavy atom. The Labute approximate surface area is 227 Å². The molecule has 0 aliphatic rings. The van der Waals surface area contributed by atoms with Crippen LogP contribution in [0.25, 0.3) is 0 Å². The minimum atomic E-state index is -4.01. The van der Waals surface area contributed by atoms with Gasteiger partial charge in [-0.05, 0) is 12.8 Å². The predicted octanol–water partition coefficient (Wildman–Crippen LogP) is 4.96. The van der Waals surface area contributed by atoms with E-state index < -0.39 is 37.9 Å². The standard InChI is InChI=1S/C27H51N2O8P/c1-2-3-4-5-6-7-8-9-10-11-12-13-14-15-19-35-20-16-21-37-38(33,34)24-36-25(23-30)22-29-18-17-26(31)28-27(29)32/h17-18,25,30H,2-16,19-24H2,1H3,(H,33,34)(H,28,31,32). The van der Waals surface area contributed by atoms with Crippen molar-refractivity contribution in [3.63, 3.8) is 0 Å². The quantitative estimate of drug-likeness (QED) is 0.106. The molecule has 222 valence electrons. The summed E-state index contributed by atoms with van der Waals surface area (Å²) in [6.45, 7) is 2.89. The number of aromatic amines is 1. The highest BCUT2D eigenvalue weighted by Gasteiger charge is 2.22.